The van der Waals surface area contributed by atoms with Gasteiger partial charge in [0.05, 0.1) is 6.61 Å². The van der Waals surface area contributed by atoms with Crippen LogP contribution in [0.1, 0.15) is 37.3 Å². The summed E-state index contributed by atoms with van der Waals surface area (Å²) < 4.78 is 4.87. The Hall–Kier alpha value is -1.39. The van der Waals surface area contributed by atoms with Crippen LogP contribution in [0.15, 0.2) is 24.3 Å². The van der Waals surface area contributed by atoms with Crippen LogP contribution < -0.4 is 10.6 Å². The number of rotatable bonds is 9. The molecule has 1 rings (SSSR count). The monoisotopic (exact) mass is 278 g/mol. The van der Waals surface area contributed by atoms with Crippen LogP contribution in [0.4, 0.5) is 0 Å². The summed E-state index contributed by atoms with van der Waals surface area (Å²) in [6, 6.07) is 8.61. The molecule has 0 unspecified atom stereocenters. The number of hydrogen-bond donors (Lipinski definition) is 2. The van der Waals surface area contributed by atoms with Gasteiger partial charge in [-0.3, -0.25) is 4.79 Å². The third-order valence-electron chi connectivity index (χ3n) is 3.13. The molecular formula is C16H26N2O2. The van der Waals surface area contributed by atoms with E-state index < -0.39 is 0 Å². The Bertz CT molecular complexity index is 388. The Morgan fingerprint density at radius 2 is 1.90 bits per heavy atom. The summed E-state index contributed by atoms with van der Waals surface area (Å²) in [7, 11) is 1.62. The molecule has 0 saturated heterocycles. The molecule has 0 atom stereocenters. The third-order valence-corrected chi connectivity index (χ3v) is 3.13. The summed E-state index contributed by atoms with van der Waals surface area (Å²) in [6.07, 6.45) is 0.494. The molecule has 0 aliphatic rings. The van der Waals surface area contributed by atoms with Gasteiger partial charge in [0.1, 0.15) is 0 Å². The van der Waals surface area contributed by atoms with Crippen molar-refractivity contribution in [2.45, 2.75) is 32.7 Å². The molecule has 0 heterocycles. The minimum Gasteiger partial charge on any atom is -0.383 e. The van der Waals surface area contributed by atoms with Crippen LogP contribution in [-0.2, 0) is 16.1 Å². The number of hydrogen-bond acceptors (Lipinski definition) is 3. The van der Waals surface area contributed by atoms with E-state index in [4.69, 9.17) is 4.74 Å². The molecule has 0 spiro atoms. The smallest absolute Gasteiger partial charge is 0.221 e. The molecule has 1 aromatic rings. The zero-order valence-corrected chi connectivity index (χ0v) is 12.7. The summed E-state index contributed by atoms with van der Waals surface area (Å²) in [5.41, 5.74) is 2.60. The van der Waals surface area contributed by atoms with Gasteiger partial charge < -0.3 is 15.4 Å². The van der Waals surface area contributed by atoms with Crippen LogP contribution in [0, 0.1) is 0 Å². The van der Waals surface area contributed by atoms with E-state index in [2.05, 4.69) is 48.7 Å². The lowest BCUT2D eigenvalue weighted by Crippen LogP contribution is -2.29. The maximum absolute atomic E-state index is 11.4. The highest BCUT2D eigenvalue weighted by atomic mass is 16.5. The molecule has 0 radical (unpaired) electrons. The number of carbonyl (C=O) groups excluding carboxylic acids is 1. The van der Waals surface area contributed by atoms with Gasteiger partial charge in [-0.2, -0.15) is 0 Å². The normalized spacial score (nSPS) is 10.8. The molecule has 0 aromatic heterocycles. The van der Waals surface area contributed by atoms with Crippen molar-refractivity contribution >= 4 is 5.91 Å². The zero-order valence-electron chi connectivity index (χ0n) is 12.7. The van der Waals surface area contributed by atoms with Gasteiger partial charge in [0.15, 0.2) is 0 Å². The molecular weight excluding hydrogens is 252 g/mol. The first-order valence-corrected chi connectivity index (χ1v) is 7.18. The van der Waals surface area contributed by atoms with Crippen LogP contribution in [0.2, 0.25) is 0 Å². The fraction of sp³-hybridized carbons (Fsp3) is 0.562. The van der Waals surface area contributed by atoms with Gasteiger partial charge >= 0.3 is 0 Å². The molecule has 0 saturated carbocycles. The molecule has 0 aliphatic carbocycles. The minimum absolute atomic E-state index is 0.0599. The predicted octanol–water partition coefficient (Wildman–Crippen LogP) is 2.05. The van der Waals surface area contributed by atoms with E-state index in [1.54, 1.807) is 7.11 Å². The second-order valence-electron chi connectivity index (χ2n) is 5.17. The van der Waals surface area contributed by atoms with Crippen molar-refractivity contribution < 1.29 is 9.53 Å². The lowest BCUT2D eigenvalue weighted by Gasteiger charge is -2.08. The molecule has 0 fully saturated rings. The van der Waals surface area contributed by atoms with Crippen LogP contribution in [0.5, 0.6) is 0 Å². The first-order valence-electron chi connectivity index (χ1n) is 7.18. The lowest BCUT2D eigenvalue weighted by atomic mass is 10.0. The number of ether oxygens (including phenoxy) is 1. The third kappa shape index (κ3) is 6.68. The average Bonchev–Trinajstić information content (AvgIpc) is 2.44. The van der Waals surface area contributed by atoms with Crippen LogP contribution in [0.3, 0.4) is 0 Å². The summed E-state index contributed by atoms with van der Waals surface area (Å²) >= 11 is 0. The summed E-state index contributed by atoms with van der Waals surface area (Å²) in [5, 5.41) is 6.08. The number of nitrogens with one attached hydrogen (secondary N) is 2. The zero-order chi connectivity index (χ0) is 14.8. The van der Waals surface area contributed by atoms with E-state index in [1.807, 2.05) is 0 Å². The number of amides is 1. The molecule has 1 amide bonds. The number of benzene rings is 1. The average molecular weight is 278 g/mol. The van der Waals surface area contributed by atoms with E-state index >= 15 is 0 Å². The van der Waals surface area contributed by atoms with Gasteiger partial charge in [0, 0.05) is 33.2 Å². The van der Waals surface area contributed by atoms with Crippen LogP contribution in [0.25, 0.3) is 0 Å². The second kappa shape index (κ2) is 9.50. The molecule has 2 N–H and O–H groups in total. The summed E-state index contributed by atoms with van der Waals surface area (Å²) in [4.78, 5) is 11.4. The molecule has 4 heteroatoms. The van der Waals surface area contributed by atoms with E-state index in [1.165, 1.54) is 11.1 Å². The molecule has 112 valence electrons. The predicted molar refractivity (Wildman–Crippen MR) is 81.7 cm³/mol. The Morgan fingerprint density at radius 3 is 2.50 bits per heavy atom. The van der Waals surface area contributed by atoms with Gasteiger partial charge in [0.25, 0.3) is 0 Å². The van der Waals surface area contributed by atoms with E-state index in [0.717, 1.165) is 6.54 Å². The summed E-state index contributed by atoms with van der Waals surface area (Å²) in [5.74, 6) is 0.623. The van der Waals surface area contributed by atoms with Gasteiger partial charge in [-0.15, -0.1) is 0 Å². The Kier molecular flexibility index (Phi) is 7.92. The van der Waals surface area contributed by atoms with Crippen molar-refractivity contribution in [2.24, 2.45) is 0 Å². The van der Waals surface area contributed by atoms with Crippen molar-refractivity contribution in [3.05, 3.63) is 35.4 Å². The van der Waals surface area contributed by atoms with Crippen LogP contribution >= 0.6 is 0 Å². The first-order chi connectivity index (χ1) is 9.63. The second-order valence-corrected chi connectivity index (χ2v) is 5.17. The Labute approximate surface area is 121 Å². The largest absolute Gasteiger partial charge is 0.383 e. The standard InChI is InChI=1S/C16H26N2O2/c1-13(2)15-6-4-14(5-7-15)12-17-9-8-16(19)18-10-11-20-3/h4-7,13,17H,8-12H2,1-3H3,(H,18,19). The van der Waals surface area contributed by atoms with Crippen molar-refractivity contribution in [2.75, 3.05) is 26.8 Å². The molecule has 0 aliphatic heterocycles. The fourth-order valence-corrected chi connectivity index (χ4v) is 1.84. The first kappa shape index (κ1) is 16.7. The van der Waals surface area contributed by atoms with Gasteiger partial charge in [-0.1, -0.05) is 38.1 Å². The van der Waals surface area contributed by atoms with E-state index in [-0.39, 0.29) is 5.91 Å². The molecule has 20 heavy (non-hydrogen) atoms. The maximum Gasteiger partial charge on any atom is 0.221 e. The molecule has 0 bridgehead atoms. The van der Waals surface area contributed by atoms with Crippen molar-refractivity contribution in [3.8, 4) is 0 Å². The number of methoxy groups -OCH3 is 1. The van der Waals surface area contributed by atoms with E-state index in [9.17, 15) is 4.79 Å². The van der Waals surface area contributed by atoms with Crippen LogP contribution in [-0.4, -0.2) is 32.7 Å². The molecule has 4 nitrogen and oxygen atoms in total. The van der Waals surface area contributed by atoms with Gasteiger partial charge in [-0.25, -0.2) is 0 Å². The topological polar surface area (TPSA) is 50.4 Å². The quantitative estimate of drug-likeness (QED) is 0.680. The Balaban J connectivity index is 2.16. The molecule has 1 aromatic carbocycles. The van der Waals surface area contributed by atoms with Crippen molar-refractivity contribution in [1.82, 2.24) is 10.6 Å². The fourth-order valence-electron chi connectivity index (χ4n) is 1.84. The maximum atomic E-state index is 11.4. The SMILES string of the molecule is COCCNC(=O)CCNCc1ccc(C(C)C)cc1. The van der Waals surface area contributed by atoms with Crippen molar-refractivity contribution in [3.63, 3.8) is 0 Å². The highest BCUT2D eigenvalue weighted by Crippen LogP contribution is 2.14. The van der Waals surface area contributed by atoms with Gasteiger partial charge in [0.2, 0.25) is 5.91 Å². The highest BCUT2D eigenvalue weighted by molar-refractivity contribution is 5.76. The highest BCUT2D eigenvalue weighted by Gasteiger charge is 2.01. The number of carbonyl (C=O) groups is 1. The summed E-state index contributed by atoms with van der Waals surface area (Å²) in [6.45, 7) is 6.99. The van der Waals surface area contributed by atoms with Gasteiger partial charge in [-0.05, 0) is 17.0 Å². The Morgan fingerprint density at radius 1 is 1.20 bits per heavy atom. The van der Waals surface area contributed by atoms with Crippen molar-refractivity contribution in [1.29, 1.82) is 0 Å². The lowest BCUT2D eigenvalue weighted by molar-refractivity contribution is -0.121. The van der Waals surface area contributed by atoms with E-state index in [0.29, 0.717) is 32.0 Å². The minimum atomic E-state index is 0.0599.